The molecular weight excluding hydrogens is 322 g/mol. The van der Waals surface area contributed by atoms with Crippen LogP contribution in [0, 0.1) is 0 Å². The molecule has 9 heteroatoms. The van der Waals surface area contributed by atoms with Gasteiger partial charge in [0.05, 0.1) is 5.69 Å². The maximum Gasteiger partial charge on any atom is 0.331 e. The first-order valence-electron chi connectivity index (χ1n) is 6.82. The van der Waals surface area contributed by atoms with Crippen LogP contribution in [0.3, 0.4) is 0 Å². The lowest BCUT2D eigenvalue weighted by atomic mass is 10.4. The molecule has 1 aromatic rings. The number of urea groups is 1. The molecule has 128 valence electrons. The number of anilines is 1. The first-order chi connectivity index (χ1) is 10.8. The second kappa shape index (κ2) is 8.70. The van der Waals surface area contributed by atoms with Gasteiger partial charge in [-0.25, -0.2) is 9.69 Å². The molecule has 1 aliphatic rings. The standard InChI is InChI=1S/C11H15N3O4S.C3H6O/c1-3-4-13-9(15)10(16)14(11(13)17)8-5-7(6-19-2)12-18-8;1-3(2)4/h3,5,9-10,15-16H,1,4,6H2,2H3;1-2H3. The molecule has 2 rings (SSSR count). The van der Waals surface area contributed by atoms with Gasteiger partial charge in [0, 0.05) is 18.4 Å². The summed E-state index contributed by atoms with van der Waals surface area (Å²) in [6.07, 6.45) is 0.679. The number of hydrogen-bond donors (Lipinski definition) is 2. The summed E-state index contributed by atoms with van der Waals surface area (Å²) in [5.74, 6) is 0.924. The summed E-state index contributed by atoms with van der Waals surface area (Å²) in [6, 6.07) is 1.02. The topological polar surface area (TPSA) is 107 Å². The van der Waals surface area contributed by atoms with Gasteiger partial charge in [-0.05, 0) is 20.1 Å². The molecule has 2 heterocycles. The van der Waals surface area contributed by atoms with Crippen LogP contribution in [0.1, 0.15) is 19.5 Å². The Balaban J connectivity index is 0.000000593. The molecule has 1 fully saturated rings. The third kappa shape index (κ3) is 4.81. The molecule has 0 radical (unpaired) electrons. The van der Waals surface area contributed by atoms with E-state index in [4.69, 9.17) is 4.52 Å². The van der Waals surface area contributed by atoms with Gasteiger partial charge in [0.15, 0.2) is 12.5 Å². The maximum atomic E-state index is 12.1. The minimum Gasteiger partial charge on any atom is -0.369 e. The van der Waals surface area contributed by atoms with Gasteiger partial charge in [0.1, 0.15) is 5.78 Å². The fourth-order valence-corrected chi connectivity index (χ4v) is 2.27. The Morgan fingerprint density at radius 2 is 2.09 bits per heavy atom. The molecule has 0 aliphatic carbocycles. The van der Waals surface area contributed by atoms with Crippen molar-refractivity contribution in [2.45, 2.75) is 32.1 Å². The lowest BCUT2D eigenvalue weighted by Crippen LogP contribution is -2.36. The third-order valence-corrected chi connectivity index (χ3v) is 3.29. The molecule has 0 aromatic carbocycles. The van der Waals surface area contributed by atoms with Crippen molar-refractivity contribution in [3.63, 3.8) is 0 Å². The Kier molecular flexibility index (Phi) is 7.27. The number of thioether (sulfide) groups is 1. The van der Waals surface area contributed by atoms with Crippen LogP contribution in [0.4, 0.5) is 10.7 Å². The molecule has 0 spiro atoms. The van der Waals surface area contributed by atoms with Crippen molar-refractivity contribution in [1.29, 1.82) is 0 Å². The molecule has 1 saturated heterocycles. The highest BCUT2D eigenvalue weighted by Gasteiger charge is 2.46. The number of Topliss-reactive ketones (excluding diaryl/α,β-unsaturated/α-hetero) is 1. The van der Waals surface area contributed by atoms with Gasteiger partial charge in [-0.3, -0.25) is 4.90 Å². The van der Waals surface area contributed by atoms with E-state index in [0.717, 1.165) is 9.80 Å². The summed E-state index contributed by atoms with van der Waals surface area (Å²) in [5.41, 5.74) is 0.666. The number of amides is 2. The van der Waals surface area contributed by atoms with E-state index in [9.17, 15) is 19.8 Å². The van der Waals surface area contributed by atoms with Gasteiger partial charge in [-0.15, -0.1) is 6.58 Å². The van der Waals surface area contributed by atoms with Crippen LogP contribution in [-0.4, -0.2) is 57.3 Å². The van der Waals surface area contributed by atoms with E-state index in [0.29, 0.717) is 11.4 Å². The van der Waals surface area contributed by atoms with Crippen molar-refractivity contribution in [3.05, 3.63) is 24.4 Å². The predicted octanol–water partition coefficient (Wildman–Crippen LogP) is 1.20. The van der Waals surface area contributed by atoms with Crippen LogP contribution >= 0.6 is 11.8 Å². The average molecular weight is 343 g/mol. The monoisotopic (exact) mass is 343 g/mol. The molecule has 2 unspecified atom stereocenters. The molecule has 0 bridgehead atoms. The first-order valence-corrected chi connectivity index (χ1v) is 8.21. The number of hydrogen-bond acceptors (Lipinski definition) is 7. The van der Waals surface area contributed by atoms with Crippen LogP contribution < -0.4 is 4.90 Å². The summed E-state index contributed by atoms with van der Waals surface area (Å²) in [7, 11) is 0. The smallest absolute Gasteiger partial charge is 0.331 e. The lowest BCUT2D eigenvalue weighted by molar-refractivity contribution is -0.115. The van der Waals surface area contributed by atoms with Gasteiger partial charge in [-0.1, -0.05) is 11.2 Å². The maximum absolute atomic E-state index is 12.1. The predicted molar refractivity (Wildman–Crippen MR) is 86.9 cm³/mol. The summed E-state index contributed by atoms with van der Waals surface area (Å²) < 4.78 is 5.03. The zero-order chi connectivity index (χ0) is 17.6. The Morgan fingerprint density at radius 3 is 2.61 bits per heavy atom. The molecule has 2 amide bonds. The number of carbonyl (C=O) groups excluding carboxylic acids is 2. The number of carbonyl (C=O) groups is 2. The second-order valence-corrected chi connectivity index (χ2v) is 5.78. The third-order valence-electron chi connectivity index (χ3n) is 2.70. The van der Waals surface area contributed by atoms with Gasteiger partial charge >= 0.3 is 6.03 Å². The van der Waals surface area contributed by atoms with Crippen molar-refractivity contribution >= 4 is 29.5 Å². The van der Waals surface area contributed by atoms with E-state index in [-0.39, 0.29) is 18.2 Å². The summed E-state index contributed by atoms with van der Waals surface area (Å²) >= 11 is 1.56. The Hall–Kier alpha value is -1.84. The lowest BCUT2D eigenvalue weighted by Gasteiger charge is -2.16. The van der Waals surface area contributed by atoms with Crippen molar-refractivity contribution in [3.8, 4) is 0 Å². The van der Waals surface area contributed by atoms with Crippen LogP contribution in [0.15, 0.2) is 23.2 Å². The van der Waals surface area contributed by atoms with Gasteiger partial charge in [-0.2, -0.15) is 11.8 Å². The second-order valence-electron chi connectivity index (χ2n) is 4.92. The molecule has 2 N–H and O–H groups in total. The van der Waals surface area contributed by atoms with Crippen LogP contribution in [0.2, 0.25) is 0 Å². The fourth-order valence-electron chi connectivity index (χ4n) is 1.84. The van der Waals surface area contributed by atoms with Crippen LogP contribution in [0.5, 0.6) is 0 Å². The van der Waals surface area contributed by atoms with Gasteiger partial charge in [0.25, 0.3) is 0 Å². The number of nitrogens with zero attached hydrogens (tertiary/aromatic N) is 3. The SMILES string of the molecule is C=CCN1C(=O)N(c2cc(CSC)no2)C(O)C1O.CC(C)=O. The van der Waals surface area contributed by atoms with Crippen LogP contribution in [-0.2, 0) is 10.5 Å². The Morgan fingerprint density at radius 1 is 1.48 bits per heavy atom. The van der Waals surface area contributed by atoms with E-state index < -0.39 is 18.5 Å². The van der Waals surface area contributed by atoms with Gasteiger partial charge in [0.2, 0.25) is 5.88 Å². The van der Waals surface area contributed by atoms with E-state index in [1.54, 1.807) is 17.8 Å². The highest BCUT2D eigenvalue weighted by molar-refractivity contribution is 7.97. The van der Waals surface area contributed by atoms with Gasteiger partial charge < -0.3 is 19.5 Å². The summed E-state index contributed by atoms with van der Waals surface area (Å²) in [6.45, 7) is 6.69. The zero-order valence-corrected chi connectivity index (χ0v) is 14.1. The molecule has 1 aromatic heterocycles. The largest absolute Gasteiger partial charge is 0.369 e. The number of rotatable bonds is 5. The number of aromatic nitrogens is 1. The number of aliphatic hydroxyl groups excluding tert-OH is 2. The quantitative estimate of drug-likeness (QED) is 0.773. The average Bonchev–Trinajstić information content (AvgIpc) is 2.99. The molecule has 1 aliphatic heterocycles. The minimum absolute atomic E-state index is 0.118. The number of ketones is 1. The fraction of sp³-hybridized carbons (Fsp3) is 0.500. The Labute approximate surface area is 138 Å². The molecule has 2 atom stereocenters. The summed E-state index contributed by atoms with van der Waals surface area (Å²) in [5, 5.41) is 23.5. The summed E-state index contributed by atoms with van der Waals surface area (Å²) in [4.78, 5) is 23.6. The highest BCUT2D eigenvalue weighted by Crippen LogP contribution is 2.28. The Bertz CT molecular complexity index is 558. The minimum atomic E-state index is -1.39. The van der Waals surface area contributed by atoms with Crippen LogP contribution in [0.25, 0.3) is 0 Å². The molecular formula is C14H21N3O5S. The van der Waals surface area contributed by atoms with Crippen molar-refractivity contribution < 1.29 is 24.3 Å². The van der Waals surface area contributed by atoms with E-state index in [1.807, 2.05) is 6.26 Å². The van der Waals surface area contributed by atoms with E-state index in [2.05, 4.69) is 11.7 Å². The van der Waals surface area contributed by atoms with Crippen molar-refractivity contribution in [2.75, 3.05) is 17.7 Å². The van der Waals surface area contributed by atoms with Crippen molar-refractivity contribution in [1.82, 2.24) is 10.1 Å². The molecule has 23 heavy (non-hydrogen) atoms. The number of aliphatic hydroxyl groups is 2. The van der Waals surface area contributed by atoms with E-state index >= 15 is 0 Å². The van der Waals surface area contributed by atoms with E-state index in [1.165, 1.54) is 19.9 Å². The zero-order valence-electron chi connectivity index (χ0n) is 13.3. The normalized spacial score (nSPS) is 20.3. The van der Waals surface area contributed by atoms with Crippen molar-refractivity contribution in [2.24, 2.45) is 0 Å². The molecule has 8 nitrogen and oxygen atoms in total. The highest BCUT2D eigenvalue weighted by atomic mass is 32.2. The molecule has 0 saturated carbocycles. The first kappa shape index (κ1) is 19.2.